The van der Waals surface area contributed by atoms with Crippen molar-refractivity contribution in [2.24, 2.45) is 0 Å². The van der Waals surface area contributed by atoms with Crippen LogP contribution in [0.3, 0.4) is 0 Å². The van der Waals surface area contributed by atoms with E-state index in [1.165, 1.54) is 43.5 Å². The summed E-state index contributed by atoms with van der Waals surface area (Å²) in [6.07, 6.45) is -0.925. The number of anilines is 1. The number of aliphatic hydroxyl groups is 1. The van der Waals surface area contributed by atoms with Crippen molar-refractivity contribution in [3.63, 3.8) is 0 Å². The van der Waals surface area contributed by atoms with E-state index in [1.807, 2.05) is 0 Å². The van der Waals surface area contributed by atoms with Crippen LogP contribution < -0.4 is 10.1 Å². The third-order valence-corrected chi connectivity index (χ3v) is 3.14. The van der Waals surface area contributed by atoms with Crippen LogP contribution in [-0.2, 0) is 0 Å². The Hall–Kier alpha value is -2.67. The van der Waals surface area contributed by atoms with Crippen LogP contribution in [0.4, 0.5) is 15.8 Å². The molecule has 0 aliphatic rings. The highest BCUT2D eigenvalue weighted by atomic mass is 19.1. The number of para-hydroxylation sites is 1. The molecule has 0 heterocycles. The van der Waals surface area contributed by atoms with Gasteiger partial charge < -0.3 is 15.2 Å². The van der Waals surface area contributed by atoms with Crippen LogP contribution >= 0.6 is 0 Å². The molecule has 0 saturated heterocycles. The second-order valence-corrected chi connectivity index (χ2v) is 4.56. The van der Waals surface area contributed by atoms with E-state index in [1.54, 1.807) is 6.07 Å². The SMILES string of the molecule is COc1cccc(NC[C@@H](O)c2ccc(F)cc2)c1[N+](=O)[O-]. The van der Waals surface area contributed by atoms with Crippen molar-refractivity contribution in [1.82, 2.24) is 0 Å². The molecule has 0 amide bonds. The van der Waals surface area contributed by atoms with Gasteiger partial charge in [-0.05, 0) is 29.8 Å². The normalized spacial score (nSPS) is 11.8. The molecule has 116 valence electrons. The summed E-state index contributed by atoms with van der Waals surface area (Å²) in [5, 5.41) is 24.0. The van der Waals surface area contributed by atoms with Crippen LogP contribution in [-0.4, -0.2) is 23.7 Å². The van der Waals surface area contributed by atoms with Gasteiger partial charge in [0.2, 0.25) is 0 Å². The minimum absolute atomic E-state index is 0.0413. The average Bonchev–Trinajstić information content (AvgIpc) is 2.52. The number of ether oxygens (including phenoxy) is 1. The molecule has 0 unspecified atom stereocenters. The van der Waals surface area contributed by atoms with Crippen LogP contribution in [0.5, 0.6) is 5.75 Å². The first kappa shape index (κ1) is 15.7. The fraction of sp³-hybridized carbons (Fsp3) is 0.200. The topological polar surface area (TPSA) is 84.6 Å². The van der Waals surface area contributed by atoms with Crippen LogP contribution in [0.1, 0.15) is 11.7 Å². The van der Waals surface area contributed by atoms with E-state index in [0.29, 0.717) is 5.56 Å². The molecule has 0 aromatic heterocycles. The third kappa shape index (κ3) is 3.50. The smallest absolute Gasteiger partial charge is 0.333 e. The molecule has 0 fully saturated rings. The Morgan fingerprint density at radius 1 is 1.32 bits per heavy atom. The minimum atomic E-state index is -0.925. The second-order valence-electron chi connectivity index (χ2n) is 4.56. The lowest BCUT2D eigenvalue weighted by molar-refractivity contribution is -0.384. The second kappa shape index (κ2) is 6.86. The average molecular weight is 306 g/mol. The molecule has 7 heteroatoms. The van der Waals surface area contributed by atoms with Crippen LogP contribution in [0.25, 0.3) is 0 Å². The maximum absolute atomic E-state index is 12.8. The molecule has 22 heavy (non-hydrogen) atoms. The van der Waals surface area contributed by atoms with Crippen molar-refractivity contribution in [3.05, 3.63) is 64.0 Å². The zero-order valence-corrected chi connectivity index (χ0v) is 11.8. The zero-order valence-electron chi connectivity index (χ0n) is 11.8. The summed E-state index contributed by atoms with van der Waals surface area (Å²) < 4.78 is 17.8. The standard InChI is InChI=1S/C15H15FN2O4/c1-22-14-4-2-3-12(15(14)18(20)21)17-9-13(19)10-5-7-11(16)8-6-10/h2-8,13,17,19H,9H2,1H3/t13-/m1/s1. The predicted octanol–water partition coefficient (Wildman–Crippen LogP) is 2.89. The quantitative estimate of drug-likeness (QED) is 0.633. The van der Waals surface area contributed by atoms with E-state index in [-0.39, 0.29) is 23.7 Å². The van der Waals surface area contributed by atoms with Crippen molar-refractivity contribution in [2.75, 3.05) is 19.0 Å². The Kier molecular flexibility index (Phi) is 4.90. The van der Waals surface area contributed by atoms with Crippen molar-refractivity contribution in [1.29, 1.82) is 0 Å². The van der Waals surface area contributed by atoms with Gasteiger partial charge in [0.05, 0.1) is 18.1 Å². The Labute approximate surface area is 126 Å². The molecule has 0 aliphatic carbocycles. The number of nitro groups is 1. The van der Waals surface area contributed by atoms with Crippen molar-refractivity contribution in [2.45, 2.75) is 6.10 Å². The number of methoxy groups -OCH3 is 1. The Morgan fingerprint density at radius 2 is 2.00 bits per heavy atom. The van der Waals surface area contributed by atoms with Crippen LogP contribution in [0.15, 0.2) is 42.5 Å². The highest BCUT2D eigenvalue weighted by molar-refractivity contribution is 5.68. The Balaban J connectivity index is 2.14. The number of nitrogens with zero attached hydrogens (tertiary/aromatic N) is 1. The van der Waals surface area contributed by atoms with E-state index in [4.69, 9.17) is 4.74 Å². The highest BCUT2D eigenvalue weighted by Crippen LogP contribution is 2.34. The van der Waals surface area contributed by atoms with Gasteiger partial charge in [0.15, 0.2) is 5.75 Å². The van der Waals surface area contributed by atoms with E-state index in [0.717, 1.165) is 0 Å². The zero-order chi connectivity index (χ0) is 16.1. The molecule has 0 saturated carbocycles. The number of halogens is 1. The maximum Gasteiger partial charge on any atom is 0.333 e. The Bertz CT molecular complexity index is 661. The lowest BCUT2D eigenvalue weighted by Gasteiger charge is -2.14. The molecule has 0 bridgehead atoms. The van der Waals surface area contributed by atoms with Crippen molar-refractivity contribution in [3.8, 4) is 5.75 Å². The fourth-order valence-corrected chi connectivity index (χ4v) is 2.03. The molecular formula is C15H15FN2O4. The van der Waals surface area contributed by atoms with E-state index in [2.05, 4.69) is 5.32 Å². The number of rotatable bonds is 6. The van der Waals surface area contributed by atoms with E-state index < -0.39 is 16.8 Å². The summed E-state index contributed by atoms with van der Waals surface area (Å²) >= 11 is 0. The van der Waals surface area contributed by atoms with Gasteiger partial charge in [0.1, 0.15) is 11.5 Å². The molecule has 2 aromatic rings. The summed E-state index contributed by atoms with van der Waals surface area (Å²) in [6.45, 7) is 0.0413. The molecule has 2 aromatic carbocycles. The first-order valence-electron chi connectivity index (χ1n) is 6.51. The molecule has 0 radical (unpaired) electrons. The van der Waals surface area contributed by atoms with Gasteiger partial charge in [-0.1, -0.05) is 18.2 Å². The largest absolute Gasteiger partial charge is 0.490 e. The monoisotopic (exact) mass is 306 g/mol. The first-order chi connectivity index (χ1) is 10.5. The number of nitro benzene ring substituents is 1. The Morgan fingerprint density at radius 3 is 2.59 bits per heavy atom. The van der Waals surface area contributed by atoms with Gasteiger partial charge in [-0.3, -0.25) is 10.1 Å². The summed E-state index contributed by atoms with van der Waals surface area (Å²) in [4.78, 5) is 10.6. The predicted molar refractivity (Wildman–Crippen MR) is 79.5 cm³/mol. The van der Waals surface area contributed by atoms with Crippen LogP contribution in [0, 0.1) is 15.9 Å². The van der Waals surface area contributed by atoms with Gasteiger partial charge in [0.25, 0.3) is 0 Å². The van der Waals surface area contributed by atoms with Gasteiger partial charge in [-0.15, -0.1) is 0 Å². The molecule has 1 atom stereocenters. The highest BCUT2D eigenvalue weighted by Gasteiger charge is 2.21. The fourth-order valence-electron chi connectivity index (χ4n) is 2.03. The maximum atomic E-state index is 12.8. The number of benzene rings is 2. The first-order valence-corrected chi connectivity index (χ1v) is 6.51. The summed E-state index contributed by atoms with van der Waals surface area (Å²) in [5.74, 6) is -0.265. The molecule has 2 N–H and O–H groups in total. The van der Waals surface area contributed by atoms with Gasteiger partial charge >= 0.3 is 5.69 Å². The van der Waals surface area contributed by atoms with Crippen molar-refractivity contribution >= 4 is 11.4 Å². The lowest BCUT2D eigenvalue weighted by Crippen LogP contribution is -2.13. The lowest BCUT2D eigenvalue weighted by atomic mass is 10.1. The van der Waals surface area contributed by atoms with E-state index in [9.17, 15) is 19.6 Å². The molecule has 0 spiro atoms. The number of aliphatic hydroxyl groups excluding tert-OH is 1. The summed E-state index contributed by atoms with van der Waals surface area (Å²) in [7, 11) is 1.35. The van der Waals surface area contributed by atoms with Crippen LogP contribution in [0.2, 0.25) is 0 Å². The molecular weight excluding hydrogens is 291 g/mol. The van der Waals surface area contributed by atoms with E-state index >= 15 is 0 Å². The third-order valence-electron chi connectivity index (χ3n) is 3.14. The number of hydrogen-bond acceptors (Lipinski definition) is 5. The summed E-state index contributed by atoms with van der Waals surface area (Å²) in [6, 6.07) is 10.0. The summed E-state index contributed by atoms with van der Waals surface area (Å²) in [5.41, 5.74) is 0.557. The molecule has 2 rings (SSSR count). The van der Waals surface area contributed by atoms with Gasteiger partial charge in [-0.25, -0.2) is 4.39 Å². The molecule has 6 nitrogen and oxygen atoms in total. The van der Waals surface area contributed by atoms with Gasteiger partial charge in [0, 0.05) is 6.54 Å². The van der Waals surface area contributed by atoms with Gasteiger partial charge in [-0.2, -0.15) is 0 Å². The molecule has 0 aliphatic heterocycles. The minimum Gasteiger partial charge on any atom is -0.490 e. The number of hydrogen-bond donors (Lipinski definition) is 2. The van der Waals surface area contributed by atoms with Crippen molar-refractivity contribution < 1.29 is 19.2 Å². The number of nitrogens with one attached hydrogen (secondary N) is 1.